The van der Waals surface area contributed by atoms with Gasteiger partial charge in [-0.2, -0.15) is 0 Å². The van der Waals surface area contributed by atoms with Crippen molar-refractivity contribution in [3.05, 3.63) is 59.2 Å². The van der Waals surface area contributed by atoms with Crippen molar-refractivity contribution in [3.63, 3.8) is 0 Å². The predicted octanol–water partition coefficient (Wildman–Crippen LogP) is 2.93. The molecule has 0 saturated carbocycles. The molecule has 2 rings (SSSR count). The van der Waals surface area contributed by atoms with E-state index >= 15 is 0 Å². The molecule has 2 N–H and O–H groups in total. The molecule has 0 aliphatic carbocycles. The van der Waals surface area contributed by atoms with Gasteiger partial charge >= 0.3 is 0 Å². The van der Waals surface area contributed by atoms with E-state index in [1.807, 2.05) is 39.8 Å². The van der Waals surface area contributed by atoms with Crippen LogP contribution >= 0.6 is 0 Å². The minimum absolute atomic E-state index is 0.0653. The number of benzene rings is 2. The second-order valence-corrected chi connectivity index (χ2v) is 6.15. The molecule has 0 radical (unpaired) electrons. The van der Waals surface area contributed by atoms with Crippen LogP contribution in [-0.4, -0.2) is 24.5 Å². The Labute approximate surface area is 153 Å². The third kappa shape index (κ3) is 5.24. The van der Waals surface area contributed by atoms with Crippen LogP contribution in [-0.2, 0) is 4.79 Å². The van der Waals surface area contributed by atoms with E-state index in [4.69, 9.17) is 9.47 Å². The first-order valence-corrected chi connectivity index (χ1v) is 8.42. The number of para-hydroxylation sites is 1. The topological polar surface area (TPSA) is 76.7 Å². The van der Waals surface area contributed by atoms with Crippen LogP contribution in [0.2, 0.25) is 0 Å². The van der Waals surface area contributed by atoms with Crippen LogP contribution in [0.15, 0.2) is 42.5 Å². The van der Waals surface area contributed by atoms with Crippen molar-refractivity contribution in [2.75, 3.05) is 6.61 Å². The summed E-state index contributed by atoms with van der Waals surface area (Å²) in [6, 6.07) is 12.5. The molecule has 138 valence electrons. The van der Waals surface area contributed by atoms with Crippen molar-refractivity contribution < 1.29 is 19.1 Å². The van der Waals surface area contributed by atoms with Crippen LogP contribution in [0.25, 0.3) is 0 Å². The first-order chi connectivity index (χ1) is 12.4. The number of carbonyl (C=O) groups is 2. The highest BCUT2D eigenvalue weighted by Gasteiger charge is 2.14. The minimum Gasteiger partial charge on any atom is -0.490 e. The second kappa shape index (κ2) is 8.89. The molecular weight excluding hydrogens is 332 g/mol. The lowest BCUT2D eigenvalue weighted by atomic mass is 10.1. The maximum Gasteiger partial charge on any atom is 0.276 e. The van der Waals surface area contributed by atoms with Gasteiger partial charge in [-0.1, -0.05) is 24.3 Å². The Hall–Kier alpha value is -3.02. The average Bonchev–Trinajstić information content (AvgIpc) is 2.61. The van der Waals surface area contributed by atoms with Gasteiger partial charge in [0.25, 0.3) is 11.8 Å². The van der Waals surface area contributed by atoms with Crippen molar-refractivity contribution in [3.8, 4) is 11.5 Å². The van der Waals surface area contributed by atoms with Gasteiger partial charge in [-0.15, -0.1) is 0 Å². The third-order valence-corrected chi connectivity index (χ3v) is 3.72. The van der Waals surface area contributed by atoms with E-state index < -0.39 is 11.8 Å². The molecule has 2 aromatic carbocycles. The van der Waals surface area contributed by atoms with Crippen molar-refractivity contribution in [2.24, 2.45) is 0 Å². The van der Waals surface area contributed by atoms with Gasteiger partial charge in [-0.3, -0.25) is 20.4 Å². The van der Waals surface area contributed by atoms with Crippen LogP contribution in [0.4, 0.5) is 0 Å². The summed E-state index contributed by atoms with van der Waals surface area (Å²) in [6.45, 7) is 7.45. The van der Waals surface area contributed by atoms with Gasteiger partial charge in [0.05, 0.1) is 11.7 Å². The summed E-state index contributed by atoms with van der Waals surface area (Å²) in [5, 5.41) is 0. The molecule has 0 atom stereocenters. The number of rotatable bonds is 6. The van der Waals surface area contributed by atoms with Crippen LogP contribution < -0.4 is 20.3 Å². The molecule has 0 saturated heterocycles. The Morgan fingerprint density at radius 1 is 0.962 bits per heavy atom. The molecular formula is C20H24N2O4. The Bertz CT molecular complexity index is 787. The molecule has 0 bridgehead atoms. The summed E-state index contributed by atoms with van der Waals surface area (Å²) in [6.07, 6.45) is -0.0653. The zero-order valence-corrected chi connectivity index (χ0v) is 15.5. The molecule has 0 spiro atoms. The lowest BCUT2D eigenvalue weighted by molar-refractivity contribution is -0.123. The number of nitrogens with one attached hydrogen (secondary N) is 2. The van der Waals surface area contributed by atoms with Gasteiger partial charge in [0.1, 0.15) is 11.5 Å². The number of hydrogen-bond donors (Lipinski definition) is 2. The standard InChI is InChI=1S/C20H24N2O4/c1-13(2)26-18-10-6-5-9-16(18)20(24)22-21-19(23)12-25-17-11-7-8-14(3)15(17)4/h5-11,13H,12H2,1-4H3,(H,21,23)(H,22,24). The Balaban J connectivity index is 1.89. The Morgan fingerprint density at radius 3 is 2.38 bits per heavy atom. The van der Waals surface area contributed by atoms with Gasteiger partial charge in [-0.25, -0.2) is 0 Å². The van der Waals surface area contributed by atoms with Crippen LogP contribution in [0.1, 0.15) is 35.3 Å². The zero-order chi connectivity index (χ0) is 19.1. The number of hydrogen-bond acceptors (Lipinski definition) is 4. The van der Waals surface area contributed by atoms with E-state index in [0.29, 0.717) is 17.1 Å². The minimum atomic E-state index is -0.457. The van der Waals surface area contributed by atoms with Crippen molar-refractivity contribution in [1.29, 1.82) is 0 Å². The fraction of sp³-hybridized carbons (Fsp3) is 0.300. The van der Waals surface area contributed by atoms with E-state index in [1.54, 1.807) is 30.3 Å². The van der Waals surface area contributed by atoms with Crippen molar-refractivity contribution in [1.82, 2.24) is 10.9 Å². The number of aryl methyl sites for hydroxylation is 1. The highest BCUT2D eigenvalue weighted by Crippen LogP contribution is 2.20. The van der Waals surface area contributed by atoms with Crippen molar-refractivity contribution in [2.45, 2.75) is 33.8 Å². The van der Waals surface area contributed by atoms with Crippen molar-refractivity contribution >= 4 is 11.8 Å². The maximum atomic E-state index is 12.3. The molecule has 0 fully saturated rings. The highest BCUT2D eigenvalue weighted by molar-refractivity contribution is 5.97. The molecule has 6 nitrogen and oxygen atoms in total. The summed E-state index contributed by atoms with van der Waals surface area (Å²) in [5.41, 5.74) is 7.12. The Kier molecular flexibility index (Phi) is 6.60. The summed E-state index contributed by atoms with van der Waals surface area (Å²) in [5.74, 6) is 0.186. The summed E-state index contributed by atoms with van der Waals surface area (Å²) >= 11 is 0. The highest BCUT2D eigenvalue weighted by atomic mass is 16.5. The summed E-state index contributed by atoms with van der Waals surface area (Å²) < 4.78 is 11.1. The fourth-order valence-corrected chi connectivity index (χ4v) is 2.26. The van der Waals surface area contributed by atoms with E-state index in [-0.39, 0.29) is 12.7 Å². The largest absolute Gasteiger partial charge is 0.490 e. The van der Waals surface area contributed by atoms with Crippen LogP contribution in [0.5, 0.6) is 11.5 Å². The average molecular weight is 356 g/mol. The van der Waals surface area contributed by atoms with Gasteiger partial charge in [0.15, 0.2) is 6.61 Å². The maximum absolute atomic E-state index is 12.3. The number of ether oxygens (including phenoxy) is 2. The summed E-state index contributed by atoms with van der Waals surface area (Å²) in [4.78, 5) is 24.2. The van der Waals surface area contributed by atoms with Gasteiger partial charge in [0, 0.05) is 0 Å². The summed E-state index contributed by atoms with van der Waals surface area (Å²) in [7, 11) is 0. The Morgan fingerprint density at radius 2 is 1.65 bits per heavy atom. The predicted molar refractivity (Wildman–Crippen MR) is 99.2 cm³/mol. The van der Waals surface area contributed by atoms with E-state index in [0.717, 1.165) is 11.1 Å². The van der Waals surface area contributed by atoms with Gasteiger partial charge < -0.3 is 9.47 Å². The number of hydrazine groups is 1. The normalized spacial score (nSPS) is 10.3. The molecule has 6 heteroatoms. The lowest BCUT2D eigenvalue weighted by Crippen LogP contribution is -2.44. The molecule has 0 unspecified atom stereocenters. The molecule has 2 aromatic rings. The smallest absolute Gasteiger partial charge is 0.276 e. The molecule has 2 amide bonds. The first-order valence-electron chi connectivity index (χ1n) is 8.42. The molecule has 0 aliphatic heterocycles. The van der Waals surface area contributed by atoms with Gasteiger partial charge in [-0.05, 0) is 57.0 Å². The van der Waals surface area contributed by atoms with E-state index in [2.05, 4.69) is 10.9 Å². The lowest BCUT2D eigenvalue weighted by Gasteiger charge is -2.14. The third-order valence-electron chi connectivity index (χ3n) is 3.72. The van der Waals surface area contributed by atoms with Crippen LogP contribution in [0, 0.1) is 13.8 Å². The number of carbonyl (C=O) groups excluding carboxylic acids is 2. The van der Waals surface area contributed by atoms with E-state index in [1.165, 1.54) is 0 Å². The molecule has 0 aromatic heterocycles. The SMILES string of the molecule is Cc1cccc(OCC(=O)NNC(=O)c2ccccc2OC(C)C)c1C. The first kappa shape index (κ1) is 19.3. The molecule has 0 heterocycles. The monoisotopic (exact) mass is 356 g/mol. The van der Waals surface area contributed by atoms with Crippen LogP contribution in [0.3, 0.4) is 0 Å². The quantitative estimate of drug-likeness (QED) is 0.780. The zero-order valence-electron chi connectivity index (χ0n) is 15.5. The van der Waals surface area contributed by atoms with Gasteiger partial charge in [0.2, 0.25) is 0 Å². The molecule has 26 heavy (non-hydrogen) atoms. The molecule has 0 aliphatic rings. The second-order valence-electron chi connectivity index (χ2n) is 6.15. The van der Waals surface area contributed by atoms with E-state index in [9.17, 15) is 9.59 Å². The number of amides is 2. The fourth-order valence-electron chi connectivity index (χ4n) is 2.26.